The van der Waals surface area contributed by atoms with Crippen molar-refractivity contribution in [1.29, 1.82) is 0 Å². The van der Waals surface area contributed by atoms with Crippen molar-refractivity contribution in [2.24, 2.45) is 0 Å². The Morgan fingerprint density at radius 3 is 2.68 bits per heavy atom. The summed E-state index contributed by atoms with van der Waals surface area (Å²) < 4.78 is 6.60. The zero-order valence-corrected chi connectivity index (χ0v) is 11.7. The van der Waals surface area contributed by atoms with E-state index in [1.165, 1.54) is 10.9 Å². The van der Waals surface area contributed by atoms with Gasteiger partial charge in [0, 0.05) is 15.5 Å². The molecule has 3 heterocycles. The molecule has 3 rings (SSSR count). The van der Waals surface area contributed by atoms with Gasteiger partial charge in [0.15, 0.2) is 11.9 Å². The van der Waals surface area contributed by atoms with E-state index in [0.29, 0.717) is 5.82 Å². The molecule has 114 valence electrons. The molecule has 1 aliphatic rings. The number of H-pyrrole nitrogens is 1. The lowest BCUT2D eigenvalue weighted by atomic mass is 9.81. The molecule has 1 fully saturated rings. The van der Waals surface area contributed by atoms with Crippen LogP contribution >= 0.6 is 0 Å². The number of fused-ring (bicyclic) bond motifs is 1. The van der Waals surface area contributed by atoms with Crippen molar-refractivity contribution in [3.05, 3.63) is 22.4 Å². The summed E-state index contributed by atoms with van der Waals surface area (Å²) in [5.74, 6) is 0.399. The number of aromatic amines is 1. The summed E-state index contributed by atoms with van der Waals surface area (Å²) in [5, 5.41) is 33.0. The third kappa shape index (κ3) is 2.68. The highest BCUT2D eigenvalue weighted by Gasteiger charge is 2.44. The monoisotopic (exact) mass is 304 g/mol. The number of aromatic nitrogens is 4. The zero-order valence-electron chi connectivity index (χ0n) is 11.7. The minimum atomic E-state index is -1.27. The number of aliphatic hydroxyl groups is 3. The molecule has 1 unspecified atom stereocenters. The van der Waals surface area contributed by atoms with Crippen molar-refractivity contribution in [2.75, 3.05) is 6.61 Å². The Hall–Kier alpha value is -1.68. The Balaban J connectivity index is 0.000000847. The average molecular weight is 304 g/mol. The number of hydrogen-bond donors (Lipinski definition) is 4. The lowest BCUT2D eigenvalue weighted by Crippen LogP contribution is -2.33. The van der Waals surface area contributed by atoms with Crippen molar-refractivity contribution in [2.45, 2.75) is 31.5 Å². The molecule has 0 bridgehead atoms. The van der Waals surface area contributed by atoms with Gasteiger partial charge < -0.3 is 25.0 Å². The molecular formula is C11H14B2N4O5. The molecule has 2 aromatic rings. The third-order valence-electron chi connectivity index (χ3n) is 3.34. The molecule has 11 heteroatoms. The molecule has 0 spiro atoms. The number of nitrogens with one attached hydrogen (secondary N) is 1. The highest BCUT2D eigenvalue weighted by molar-refractivity contribution is 6.75. The molecule has 4 N–H and O–H groups in total. The summed E-state index contributed by atoms with van der Waals surface area (Å²) in [6.07, 6.45) is -3.09. The van der Waals surface area contributed by atoms with Gasteiger partial charge in [-0.15, -0.1) is 0 Å². The first-order chi connectivity index (χ1) is 10.5. The summed E-state index contributed by atoms with van der Waals surface area (Å²) in [6.45, 7) is 1.19. The molecule has 0 aliphatic carbocycles. The SMILES string of the molecule is Cc1nc2c(cnn2[C@@H]2O[C@H](CO)C(O)[C@@H]2O)c(=O)[nH]1.[B][B]. The number of aryl methyl sites for hydroxylation is 1. The summed E-state index contributed by atoms with van der Waals surface area (Å²) in [5.41, 5.74) is -0.0911. The van der Waals surface area contributed by atoms with Crippen LogP contribution in [0.1, 0.15) is 12.1 Å². The zero-order chi connectivity index (χ0) is 16.4. The van der Waals surface area contributed by atoms with E-state index in [2.05, 4.69) is 30.5 Å². The van der Waals surface area contributed by atoms with E-state index < -0.39 is 31.1 Å². The Kier molecular flexibility index (Phi) is 5.01. The van der Waals surface area contributed by atoms with E-state index in [-0.39, 0.29) is 16.6 Å². The quantitative estimate of drug-likeness (QED) is 0.443. The van der Waals surface area contributed by atoms with Gasteiger partial charge in [0.1, 0.15) is 29.5 Å². The van der Waals surface area contributed by atoms with Gasteiger partial charge >= 0.3 is 0 Å². The Bertz CT molecular complexity index is 705. The second-order valence-corrected chi connectivity index (χ2v) is 4.71. The van der Waals surface area contributed by atoms with Gasteiger partial charge in [-0.25, -0.2) is 9.67 Å². The van der Waals surface area contributed by atoms with Crippen LogP contribution in [0.25, 0.3) is 11.0 Å². The van der Waals surface area contributed by atoms with Crippen LogP contribution in [0.5, 0.6) is 0 Å². The fourth-order valence-electron chi connectivity index (χ4n) is 2.31. The number of rotatable bonds is 2. The highest BCUT2D eigenvalue weighted by Crippen LogP contribution is 2.30. The first-order valence-corrected chi connectivity index (χ1v) is 6.43. The third-order valence-corrected chi connectivity index (χ3v) is 3.34. The molecule has 1 aliphatic heterocycles. The number of ether oxygens (including phenoxy) is 1. The van der Waals surface area contributed by atoms with Crippen LogP contribution in [-0.4, -0.2) is 75.5 Å². The van der Waals surface area contributed by atoms with Crippen LogP contribution < -0.4 is 5.56 Å². The first kappa shape index (κ1) is 16.7. The van der Waals surface area contributed by atoms with E-state index in [1.807, 2.05) is 0 Å². The Morgan fingerprint density at radius 2 is 2.09 bits per heavy atom. The Labute approximate surface area is 127 Å². The minimum Gasteiger partial charge on any atom is -0.394 e. The Morgan fingerprint density at radius 1 is 1.41 bits per heavy atom. The second kappa shape index (κ2) is 6.61. The summed E-state index contributed by atoms with van der Waals surface area (Å²) >= 11 is 0. The maximum Gasteiger partial charge on any atom is 0.262 e. The summed E-state index contributed by atoms with van der Waals surface area (Å²) in [4.78, 5) is 18.5. The van der Waals surface area contributed by atoms with Crippen molar-refractivity contribution in [3.63, 3.8) is 0 Å². The van der Waals surface area contributed by atoms with Crippen LogP contribution in [-0.2, 0) is 4.74 Å². The van der Waals surface area contributed by atoms with Gasteiger partial charge in [0.25, 0.3) is 5.56 Å². The van der Waals surface area contributed by atoms with Crippen LogP contribution in [0, 0.1) is 6.92 Å². The van der Waals surface area contributed by atoms with Crippen LogP contribution in [0.15, 0.2) is 11.0 Å². The number of hydrogen-bond acceptors (Lipinski definition) is 7. The molecule has 0 amide bonds. The highest BCUT2D eigenvalue weighted by atomic mass is 16.6. The maximum atomic E-state index is 11.8. The van der Waals surface area contributed by atoms with Crippen molar-refractivity contribution < 1.29 is 20.1 Å². The summed E-state index contributed by atoms with van der Waals surface area (Å²) in [6, 6.07) is 0. The lowest BCUT2D eigenvalue weighted by molar-refractivity contribution is -0.0566. The molecular weight excluding hydrogens is 290 g/mol. The van der Waals surface area contributed by atoms with Gasteiger partial charge in [-0.3, -0.25) is 4.79 Å². The average Bonchev–Trinajstić information content (AvgIpc) is 3.04. The van der Waals surface area contributed by atoms with Crippen molar-refractivity contribution >= 4 is 26.5 Å². The molecule has 0 saturated carbocycles. The molecule has 4 atom stereocenters. The lowest BCUT2D eigenvalue weighted by Gasteiger charge is -2.15. The van der Waals surface area contributed by atoms with Crippen LogP contribution in [0.2, 0.25) is 0 Å². The number of aliphatic hydroxyl groups excluding tert-OH is 3. The van der Waals surface area contributed by atoms with E-state index in [0.717, 1.165) is 0 Å². The van der Waals surface area contributed by atoms with Gasteiger partial charge in [0.2, 0.25) is 0 Å². The minimum absolute atomic E-state index is 0.251. The molecule has 2 aromatic heterocycles. The summed E-state index contributed by atoms with van der Waals surface area (Å²) in [7, 11) is 8.00. The van der Waals surface area contributed by atoms with Crippen molar-refractivity contribution in [3.8, 4) is 0 Å². The second-order valence-electron chi connectivity index (χ2n) is 4.71. The maximum absolute atomic E-state index is 11.8. The molecule has 1 saturated heterocycles. The van der Waals surface area contributed by atoms with Gasteiger partial charge in [-0.05, 0) is 6.92 Å². The normalized spacial score (nSPS) is 27.6. The van der Waals surface area contributed by atoms with Crippen molar-refractivity contribution in [1.82, 2.24) is 19.7 Å². The van der Waals surface area contributed by atoms with Crippen LogP contribution in [0.4, 0.5) is 0 Å². The molecule has 4 radical (unpaired) electrons. The predicted molar refractivity (Wildman–Crippen MR) is 77.4 cm³/mol. The fraction of sp³-hybridized carbons (Fsp3) is 0.545. The smallest absolute Gasteiger partial charge is 0.262 e. The van der Waals surface area contributed by atoms with E-state index >= 15 is 0 Å². The van der Waals surface area contributed by atoms with Crippen LogP contribution in [0.3, 0.4) is 0 Å². The van der Waals surface area contributed by atoms with E-state index in [4.69, 9.17) is 9.84 Å². The van der Waals surface area contributed by atoms with E-state index in [9.17, 15) is 15.0 Å². The first-order valence-electron chi connectivity index (χ1n) is 6.43. The standard InChI is InChI=1S/C11H14N4O5.B2/c1-4-13-9-5(10(19)14-4)2-12-15(9)11-8(18)7(17)6(3-16)20-11;1-2/h2,6-8,11,16-18H,3H2,1H3,(H,13,14,19);/t6-,7?,8+,11-;/m1./s1. The van der Waals surface area contributed by atoms with E-state index in [1.54, 1.807) is 6.92 Å². The van der Waals surface area contributed by atoms with Gasteiger partial charge in [0.05, 0.1) is 12.8 Å². The van der Waals surface area contributed by atoms with Gasteiger partial charge in [-0.2, -0.15) is 5.10 Å². The molecule has 22 heavy (non-hydrogen) atoms. The molecule has 0 aromatic carbocycles. The van der Waals surface area contributed by atoms with Gasteiger partial charge in [-0.1, -0.05) is 0 Å². The fourth-order valence-corrected chi connectivity index (χ4v) is 2.31. The predicted octanol–water partition coefficient (Wildman–Crippen LogP) is -2.72. The largest absolute Gasteiger partial charge is 0.394 e. The molecule has 9 nitrogen and oxygen atoms in total. The topological polar surface area (TPSA) is 133 Å². The number of nitrogens with zero attached hydrogens (tertiary/aromatic N) is 3.